The van der Waals surface area contributed by atoms with Gasteiger partial charge in [-0.25, -0.2) is 4.79 Å². The molecule has 184 valence electrons. The van der Waals surface area contributed by atoms with E-state index in [-0.39, 0.29) is 12.3 Å². The maximum Gasteiger partial charge on any atom is 0.328 e. The van der Waals surface area contributed by atoms with Gasteiger partial charge in [0.25, 0.3) is 0 Å². The van der Waals surface area contributed by atoms with Gasteiger partial charge in [-0.1, -0.05) is 44.2 Å². The molecule has 0 radical (unpaired) electrons. The summed E-state index contributed by atoms with van der Waals surface area (Å²) in [5, 5.41) is 35.8. The molecule has 6 unspecified atom stereocenters. The first-order valence-electron chi connectivity index (χ1n) is 10.6. The highest BCUT2D eigenvalue weighted by molar-refractivity contribution is 5.94. The highest BCUT2D eigenvalue weighted by Gasteiger charge is 2.33. The molecule has 0 saturated heterocycles. The number of carbonyl (C=O) groups excluding carboxylic acids is 3. The fourth-order valence-electron chi connectivity index (χ4n) is 2.97. The van der Waals surface area contributed by atoms with Gasteiger partial charge in [0.1, 0.15) is 18.1 Å². The number of aliphatic carboxylic acids is 1. The monoisotopic (exact) mass is 466 g/mol. The van der Waals surface area contributed by atoms with Crippen LogP contribution in [0.3, 0.4) is 0 Å². The maximum absolute atomic E-state index is 13.0. The SMILES string of the molecule is CC(C)C(NC(=O)C(N)C(C)O)C(=O)NC(Cc1ccccc1)C(=O)NC(C(=O)O)C(C)O. The van der Waals surface area contributed by atoms with Crippen LogP contribution < -0.4 is 21.7 Å². The first-order valence-corrected chi connectivity index (χ1v) is 10.6. The summed E-state index contributed by atoms with van der Waals surface area (Å²) in [4.78, 5) is 49.5. The van der Waals surface area contributed by atoms with E-state index in [1.165, 1.54) is 13.8 Å². The number of nitrogens with one attached hydrogen (secondary N) is 3. The van der Waals surface area contributed by atoms with Crippen LogP contribution in [0, 0.1) is 5.92 Å². The van der Waals surface area contributed by atoms with E-state index in [0.717, 1.165) is 0 Å². The van der Waals surface area contributed by atoms with Crippen molar-refractivity contribution in [2.24, 2.45) is 11.7 Å². The Hall–Kier alpha value is -3.02. The Morgan fingerprint density at radius 3 is 1.82 bits per heavy atom. The third-order valence-corrected chi connectivity index (χ3v) is 5.03. The topological polar surface area (TPSA) is 191 Å². The lowest BCUT2D eigenvalue weighted by Crippen LogP contribution is -2.60. The number of nitrogens with two attached hydrogens (primary N) is 1. The van der Waals surface area contributed by atoms with Crippen molar-refractivity contribution in [2.45, 2.75) is 70.5 Å². The second-order valence-electron chi connectivity index (χ2n) is 8.31. The molecule has 0 aliphatic carbocycles. The Labute approximate surface area is 192 Å². The lowest BCUT2D eigenvalue weighted by atomic mass is 10.00. The van der Waals surface area contributed by atoms with Crippen molar-refractivity contribution in [3.05, 3.63) is 35.9 Å². The minimum atomic E-state index is -1.57. The molecule has 0 aliphatic rings. The molecule has 11 heteroatoms. The zero-order chi connectivity index (χ0) is 25.3. The van der Waals surface area contributed by atoms with E-state index < -0.39 is 60.1 Å². The number of hydrogen-bond donors (Lipinski definition) is 7. The van der Waals surface area contributed by atoms with Crippen LogP contribution in [0.5, 0.6) is 0 Å². The molecule has 11 nitrogen and oxygen atoms in total. The van der Waals surface area contributed by atoms with Gasteiger partial charge in [-0.15, -0.1) is 0 Å². The fourth-order valence-corrected chi connectivity index (χ4v) is 2.97. The number of aliphatic hydroxyl groups is 2. The number of amides is 3. The predicted octanol–water partition coefficient (Wildman–Crippen LogP) is -1.49. The fraction of sp³-hybridized carbons (Fsp3) is 0.545. The molecule has 0 saturated carbocycles. The molecule has 1 aromatic rings. The minimum Gasteiger partial charge on any atom is -0.480 e. The minimum absolute atomic E-state index is 0.0382. The van der Waals surface area contributed by atoms with Crippen LogP contribution in [0.1, 0.15) is 33.3 Å². The molecule has 33 heavy (non-hydrogen) atoms. The number of carbonyl (C=O) groups is 4. The lowest BCUT2D eigenvalue weighted by molar-refractivity contribution is -0.145. The van der Waals surface area contributed by atoms with E-state index in [1.807, 2.05) is 0 Å². The number of aliphatic hydroxyl groups excluding tert-OH is 2. The van der Waals surface area contributed by atoms with E-state index >= 15 is 0 Å². The molecule has 8 N–H and O–H groups in total. The van der Waals surface area contributed by atoms with E-state index in [9.17, 15) is 34.5 Å². The molecule has 0 aromatic heterocycles. The van der Waals surface area contributed by atoms with Crippen molar-refractivity contribution in [3.8, 4) is 0 Å². The molecule has 3 amide bonds. The van der Waals surface area contributed by atoms with Crippen molar-refractivity contribution in [1.29, 1.82) is 0 Å². The van der Waals surface area contributed by atoms with Gasteiger partial charge in [-0.2, -0.15) is 0 Å². The first kappa shape index (κ1) is 28.0. The number of benzene rings is 1. The van der Waals surface area contributed by atoms with Crippen molar-refractivity contribution in [1.82, 2.24) is 16.0 Å². The van der Waals surface area contributed by atoms with Crippen molar-refractivity contribution < 1.29 is 34.5 Å². The average Bonchev–Trinajstić information content (AvgIpc) is 2.74. The van der Waals surface area contributed by atoms with Crippen LogP contribution in [-0.2, 0) is 25.6 Å². The van der Waals surface area contributed by atoms with Crippen molar-refractivity contribution in [3.63, 3.8) is 0 Å². The number of hydrogen-bond acceptors (Lipinski definition) is 7. The summed E-state index contributed by atoms with van der Waals surface area (Å²) in [7, 11) is 0. The van der Waals surface area contributed by atoms with E-state index in [4.69, 9.17) is 5.73 Å². The lowest BCUT2D eigenvalue weighted by Gasteiger charge is -2.27. The van der Waals surface area contributed by atoms with Crippen LogP contribution in [0.2, 0.25) is 0 Å². The summed E-state index contributed by atoms with van der Waals surface area (Å²) in [5.41, 5.74) is 6.33. The normalized spacial score (nSPS) is 16.6. The number of carboxylic acid groups (broad SMARTS) is 1. The third kappa shape index (κ3) is 8.79. The van der Waals surface area contributed by atoms with Gasteiger partial charge in [-0.05, 0) is 25.3 Å². The molecule has 6 atom stereocenters. The smallest absolute Gasteiger partial charge is 0.328 e. The quantitative estimate of drug-likeness (QED) is 0.194. The molecule has 0 bridgehead atoms. The second kappa shape index (κ2) is 12.9. The van der Waals surface area contributed by atoms with Gasteiger partial charge < -0.3 is 37.0 Å². The van der Waals surface area contributed by atoms with Gasteiger partial charge in [0.15, 0.2) is 6.04 Å². The summed E-state index contributed by atoms with van der Waals surface area (Å²) < 4.78 is 0. The van der Waals surface area contributed by atoms with Crippen LogP contribution >= 0.6 is 0 Å². The summed E-state index contributed by atoms with van der Waals surface area (Å²) in [6, 6.07) is 3.67. The largest absolute Gasteiger partial charge is 0.480 e. The van der Waals surface area contributed by atoms with Gasteiger partial charge in [0.2, 0.25) is 17.7 Å². The number of carboxylic acids is 1. The van der Waals surface area contributed by atoms with Crippen LogP contribution in [-0.4, -0.2) is 75.4 Å². The average molecular weight is 467 g/mol. The highest BCUT2D eigenvalue weighted by Crippen LogP contribution is 2.08. The van der Waals surface area contributed by atoms with Gasteiger partial charge >= 0.3 is 5.97 Å². The van der Waals surface area contributed by atoms with Crippen molar-refractivity contribution >= 4 is 23.7 Å². The maximum atomic E-state index is 13.0. The van der Waals surface area contributed by atoms with E-state index in [2.05, 4.69) is 16.0 Å². The van der Waals surface area contributed by atoms with Gasteiger partial charge in [0.05, 0.1) is 12.2 Å². The summed E-state index contributed by atoms with van der Waals surface area (Å²) in [5.74, 6) is -4.04. The molecule has 1 rings (SSSR count). The summed E-state index contributed by atoms with van der Waals surface area (Å²) in [6.45, 7) is 5.92. The standard InChI is InChI=1S/C22H34N4O7/c1-11(2)17(25-20(30)16(23)12(3)27)21(31)24-15(10-14-8-6-5-7-9-14)19(29)26-18(13(4)28)22(32)33/h5-9,11-13,15-18,27-28H,10,23H2,1-4H3,(H,24,31)(H,25,30)(H,26,29)(H,32,33). The zero-order valence-electron chi connectivity index (χ0n) is 19.2. The van der Waals surface area contributed by atoms with Crippen LogP contribution in [0.15, 0.2) is 30.3 Å². The van der Waals surface area contributed by atoms with Crippen LogP contribution in [0.25, 0.3) is 0 Å². The molecule has 0 aliphatic heterocycles. The number of rotatable bonds is 12. The van der Waals surface area contributed by atoms with Crippen LogP contribution in [0.4, 0.5) is 0 Å². The molecular formula is C22H34N4O7. The second-order valence-corrected chi connectivity index (χ2v) is 8.31. The Kier molecular flexibility index (Phi) is 10.9. The van der Waals surface area contributed by atoms with Gasteiger partial charge in [0, 0.05) is 6.42 Å². The zero-order valence-corrected chi connectivity index (χ0v) is 19.2. The Morgan fingerprint density at radius 2 is 1.36 bits per heavy atom. The molecule has 0 spiro atoms. The predicted molar refractivity (Wildman–Crippen MR) is 120 cm³/mol. The van der Waals surface area contributed by atoms with Gasteiger partial charge in [-0.3, -0.25) is 14.4 Å². The summed E-state index contributed by atoms with van der Waals surface area (Å²) >= 11 is 0. The van der Waals surface area contributed by atoms with Crippen molar-refractivity contribution in [2.75, 3.05) is 0 Å². The molecule has 0 heterocycles. The Balaban J connectivity index is 3.10. The molecule has 0 fully saturated rings. The highest BCUT2D eigenvalue weighted by atomic mass is 16.4. The Morgan fingerprint density at radius 1 is 0.818 bits per heavy atom. The van der Waals surface area contributed by atoms with E-state index in [0.29, 0.717) is 5.56 Å². The molecular weight excluding hydrogens is 432 g/mol. The Bertz CT molecular complexity index is 814. The summed E-state index contributed by atoms with van der Waals surface area (Å²) in [6.07, 6.45) is -2.47. The third-order valence-electron chi connectivity index (χ3n) is 5.03. The first-order chi connectivity index (χ1) is 15.3. The van der Waals surface area contributed by atoms with E-state index in [1.54, 1.807) is 44.2 Å². The molecule has 1 aromatic carbocycles.